The molecule has 20 heavy (non-hydrogen) atoms. The average molecular weight is 277 g/mol. The highest BCUT2D eigenvalue weighted by atomic mass is 16.6. The quantitative estimate of drug-likeness (QED) is 0.791. The molecule has 2 amide bonds. The van der Waals surface area contributed by atoms with Crippen LogP contribution in [0.4, 0.5) is 10.5 Å². The van der Waals surface area contributed by atoms with Gasteiger partial charge < -0.3 is 9.84 Å². The topological polar surface area (TPSA) is 66.8 Å². The molecule has 0 radical (unpaired) electrons. The summed E-state index contributed by atoms with van der Waals surface area (Å²) in [6.07, 6.45) is -0.867. The van der Waals surface area contributed by atoms with Crippen LogP contribution in [0.15, 0.2) is 24.3 Å². The lowest BCUT2D eigenvalue weighted by Gasteiger charge is -2.36. The van der Waals surface area contributed by atoms with Crippen molar-refractivity contribution in [3.8, 4) is 0 Å². The molecule has 1 atom stereocenters. The fourth-order valence-electron chi connectivity index (χ4n) is 2.23. The van der Waals surface area contributed by atoms with Gasteiger partial charge in [0.1, 0.15) is 5.60 Å². The summed E-state index contributed by atoms with van der Waals surface area (Å²) in [6.45, 7) is 6.78. The number of hydrogen-bond donors (Lipinski definition) is 1. The fraction of sp³-hybridized carbons (Fsp3) is 0.467. The van der Waals surface area contributed by atoms with Crippen LogP contribution >= 0.6 is 0 Å². The average Bonchev–Trinajstić information content (AvgIpc) is 2.25. The van der Waals surface area contributed by atoms with Crippen molar-refractivity contribution < 1.29 is 19.4 Å². The van der Waals surface area contributed by atoms with Gasteiger partial charge in [-0.1, -0.05) is 18.2 Å². The van der Waals surface area contributed by atoms with Gasteiger partial charge in [-0.2, -0.15) is 0 Å². The van der Waals surface area contributed by atoms with Crippen LogP contribution in [0.1, 0.15) is 39.7 Å². The molecular formula is C15H19NO4. The van der Waals surface area contributed by atoms with Gasteiger partial charge in [0.2, 0.25) is 5.91 Å². The summed E-state index contributed by atoms with van der Waals surface area (Å²) < 4.78 is 5.26. The third kappa shape index (κ3) is 2.67. The molecule has 0 aliphatic carbocycles. The minimum Gasteiger partial charge on any atom is -0.443 e. The molecule has 1 N–H and O–H groups in total. The number of carbonyl (C=O) groups excluding carboxylic acids is 2. The largest absolute Gasteiger partial charge is 0.443 e. The van der Waals surface area contributed by atoms with Gasteiger partial charge in [0.05, 0.1) is 17.7 Å². The summed E-state index contributed by atoms with van der Waals surface area (Å²) in [4.78, 5) is 25.4. The van der Waals surface area contributed by atoms with E-state index in [1.54, 1.807) is 52.0 Å². The highest BCUT2D eigenvalue weighted by Crippen LogP contribution is 2.39. The van der Waals surface area contributed by atoms with Gasteiger partial charge in [-0.15, -0.1) is 0 Å². The molecule has 1 aliphatic heterocycles. The first-order chi connectivity index (χ1) is 9.12. The zero-order valence-corrected chi connectivity index (χ0v) is 12.1. The Morgan fingerprint density at radius 1 is 1.35 bits per heavy atom. The van der Waals surface area contributed by atoms with Gasteiger partial charge in [-0.3, -0.25) is 4.79 Å². The Labute approximate surface area is 118 Å². The predicted molar refractivity (Wildman–Crippen MR) is 74.3 cm³/mol. The fourth-order valence-corrected chi connectivity index (χ4v) is 2.23. The Morgan fingerprint density at radius 3 is 2.55 bits per heavy atom. The number of anilines is 1. The smallest absolute Gasteiger partial charge is 0.421 e. The molecular weight excluding hydrogens is 258 g/mol. The van der Waals surface area contributed by atoms with E-state index in [0.717, 1.165) is 4.90 Å². The lowest BCUT2D eigenvalue weighted by Crippen LogP contribution is -2.48. The number of para-hydroxylation sites is 1. The zero-order valence-electron chi connectivity index (χ0n) is 12.1. The van der Waals surface area contributed by atoms with Crippen LogP contribution in [0.25, 0.3) is 0 Å². The summed E-state index contributed by atoms with van der Waals surface area (Å²) in [7, 11) is 0. The number of amides is 2. The lowest BCUT2D eigenvalue weighted by atomic mass is 9.87. The first-order valence-electron chi connectivity index (χ1n) is 6.50. The molecule has 0 saturated heterocycles. The monoisotopic (exact) mass is 277 g/mol. The second-order valence-electron chi connectivity index (χ2n) is 6.18. The number of fused-ring (bicyclic) bond motifs is 1. The van der Waals surface area contributed by atoms with Crippen LogP contribution in [0.2, 0.25) is 0 Å². The van der Waals surface area contributed by atoms with Crippen molar-refractivity contribution in [2.24, 2.45) is 0 Å². The zero-order chi connectivity index (χ0) is 15.1. The van der Waals surface area contributed by atoms with Gasteiger partial charge in [0, 0.05) is 5.56 Å². The van der Waals surface area contributed by atoms with Crippen LogP contribution in [-0.2, 0) is 15.1 Å². The number of hydrogen-bond acceptors (Lipinski definition) is 4. The van der Waals surface area contributed by atoms with Gasteiger partial charge in [0.25, 0.3) is 0 Å². The Kier molecular flexibility index (Phi) is 3.34. The molecule has 1 aromatic rings. The van der Waals surface area contributed by atoms with Crippen LogP contribution in [0, 0.1) is 0 Å². The van der Waals surface area contributed by atoms with E-state index in [1.807, 2.05) is 0 Å². The van der Waals surface area contributed by atoms with E-state index in [9.17, 15) is 14.7 Å². The lowest BCUT2D eigenvalue weighted by molar-refractivity contribution is -0.124. The molecule has 1 unspecified atom stereocenters. The van der Waals surface area contributed by atoms with Crippen molar-refractivity contribution in [2.75, 3.05) is 4.90 Å². The molecule has 0 bridgehead atoms. The Hall–Kier alpha value is -1.88. The minimum absolute atomic E-state index is 0.150. The van der Waals surface area contributed by atoms with Gasteiger partial charge in [-0.25, -0.2) is 9.69 Å². The molecule has 0 spiro atoms. The molecule has 0 aromatic heterocycles. The summed E-state index contributed by atoms with van der Waals surface area (Å²) in [6, 6.07) is 6.81. The Bertz CT molecular complexity index is 557. The third-order valence-electron chi connectivity index (χ3n) is 3.05. The summed E-state index contributed by atoms with van der Waals surface area (Å²) in [5.41, 5.74) is -1.04. The van der Waals surface area contributed by atoms with Crippen molar-refractivity contribution >= 4 is 17.7 Å². The van der Waals surface area contributed by atoms with E-state index in [2.05, 4.69) is 0 Å². The van der Waals surface area contributed by atoms with E-state index in [-0.39, 0.29) is 6.42 Å². The normalized spacial score (nSPS) is 22.4. The van der Waals surface area contributed by atoms with Crippen LogP contribution in [0.3, 0.4) is 0 Å². The number of aliphatic hydroxyl groups is 1. The van der Waals surface area contributed by atoms with Crippen molar-refractivity contribution in [3.05, 3.63) is 29.8 Å². The maximum Gasteiger partial charge on any atom is 0.421 e. The molecule has 1 heterocycles. The highest BCUT2D eigenvalue weighted by Gasteiger charge is 2.42. The van der Waals surface area contributed by atoms with E-state index in [4.69, 9.17) is 4.74 Å². The van der Waals surface area contributed by atoms with Gasteiger partial charge >= 0.3 is 6.09 Å². The van der Waals surface area contributed by atoms with Crippen LogP contribution < -0.4 is 4.90 Å². The van der Waals surface area contributed by atoms with E-state index < -0.39 is 23.2 Å². The number of imide groups is 1. The first-order valence-corrected chi connectivity index (χ1v) is 6.50. The van der Waals surface area contributed by atoms with Crippen molar-refractivity contribution in [3.63, 3.8) is 0 Å². The summed E-state index contributed by atoms with van der Waals surface area (Å²) in [5, 5.41) is 10.3. The van der Waals surface area contributed by atoms with Crippen molar-refractivity contribution in [2.45, 2.75) is 45.3 Å². The number of benzene rings is 1. The molecule has 0 fully saturated rings. The second-order valence-corrected chi connectivity index (χ2v) is 6.18. The maximum atomic E-state index is 12.2. The third-order valence-corrected chi connectivity index (χ3v) is 3.05. The predicted octanol–water partition coefficient (Wildman–Crippen LogP) is 2.57. The Balaban J connectivity index is 2.44. The molecule has 2 rings (SSSR count). The standard InChI is InChI=1S/C15H19NO4/c1-14(2,3)20-13(18)16-11-8-6-5-7-10(11)15(4,19)9-12(16)17/h5-8,19H,9H2,1-4H3. The van der Waals surface area contributed by atoms with E-state index >= 15 is 0 Å². The number of rotatable bonds is 0. The summed E-state index contributed by atoms with van der Waals surface area (Å²) in [5.74, 6) is -0.469. The molecule has 1 aromatic carbocycles. The molecule has 5 nitrogen and oxygen atoms in total. The summed E-state index contributed by atoms with van der Waals surface area (Å²) >= 11 is 0. The Morgan fingerprint density at radius 2 is 1.95 bits per heavy atom. The van der Waals surface area contributed by atoms with Gasteiger partial charge in [0.15, 0.2) is 0 Å². The second kappa shape index (κ2) is 4.59. The van der Waals surface area contributed by atoms with Crippen LogP contribution in [-0.4, -0.2) is 22.7 Å². The SMILES string of the molecule is CC(C)(C)OC(=O)N1C(=O)CC(C)(O)c2ccccc21. The number of nitrogens with zero attached hydrogens (tertiary/aromatic N) is 1. The van der Waals surface area contributed by atoms with Gasteiger partial charge in [-0.05, 0) is 33.8 Å². The van der Waals surface area contributed by atoms with Crippen LogP contribution in [0.5, 0.6) is 0 Å². The van der Waals surface area contributed by atoms with E-state index in [1.165, 1.54) is 0 Å². The molecule has 108 valence electrons. The maximum absolute atomic E-state index is 12.2. The molecule has 0 saturated carbocycles. The van der Waals surface area contributed by atoms with Crippen molar-refractivity contribution in [1.82, 2.24) is 0 Å². The van der Waals surface area contributed by atoms with Crippen molar-refractivity contribution in [1.29, 1.82) is 0 Å². The number of ether oxygens (including phenoxy) is 1. The minimum atomic E-state index is -1.27. The van der Waals surface area contributed by atoms with E-state index in [0.29, 0.717) is 11.3 Å². The molecule has 5 heteroatoms. The molecule has 1 aliphatic rings. The number of carbonyl (C=O) groups is 2. The first kappa shape index (κ1) is 14.5. The highest BCUT2D eigenvalue weighted by molar-refractivity contribution is 6.14.